The molecule has 0 nitrogen and oxygen atoms in total. The fourth-order valence-corrected chi connectivity index (χ4v) is 0. The Morgan fingerprint density at radius 3 is 1.50 bits per heavy atom. The average Bonchev–Trinajstić information content (AvgIpc) is 1.35. The van der Waals surface area contributed by atoms with Gasteiger partial charge < -0.3 is 0 Å². The van der Waals surface area contributed by atoms with E-state index in [1.54, 1.807) is 0 Å². The van der Waals surface area contributed by atoms with E-state index in [-0.39, 0.29) is 2.14 Å². The molecule has 0 aromatic rings. The van der Waals surface area contributed by atoms with Crippen LogP contribution >= 0.6 is 47.8 Å². The zero-order valence-electron chi connectivity index (χ0n) is 2.84. The maximum atomic E-state index is 3.33. The van der Waals surface area contributed by atoms with E-state index < -0.39 is 0 Å². The Bertz CT molecular complexity index is 38.5. The predicted molar refractivity (Wildman–Crippen MR) is 40.1 cm³/mol. The van der Waals surface area contributed by atoms with Crippen molar-refractivity contribution in [2.75, 3.05) is 0 Å². The van der Waals surface area contributed by atoms with Crippen LogP contribution in [0, 0.1) is 0 Å². The van der Waals surface area contributed by atoms with Gasteiger partial charge in [-0.15, -0.1) is 0 Å². The number of hydrogen-bond acceptors (Lipinski definition) is 0. The van der Waals surface area contributed by atoms with E-state index in [1.807, 2.05) is 0 Å². The number of alkyl halides is 3. The maximum absolute atomic E-state index is 3.33. The second-order valence-corrected chi connectivity index (χ2v) is 9.05. The van der Waals surface area contributed by atoms with Crippen LogP contribution in [0.25, 0.3) is 0 Å². The Kier molecular flexibility index (Phi) is 4.53. The third-order valence-corrected chi connectivity index (χ3v) is 6.99. The van der Waals surface area contributed by atoms with E-state index in [4.69, 9.17) is 0 Å². The van der Waals surface area contributed by atoms with E-state index in [0.717, 1.165) is 4.44 Å². The molecule has 0 unspecified atom stereocenters. The van der Waals surface area contributed by atoms with Crippen molar-refractivity contribution in [1.82, 2.24) is 0 Å². The van der Waals surface area contributed by atoms with E-state index >= 15 is 0 Å². The summed E-state index contributed by atoms with van der Waals surface area (Å²) in [5.74, 6) is 0. The second kappa shape index (κ2) is 3.30. The van der Waals surface area contributed by atoms with Gasteiger partial charge in [0.15, 0.2) is 0 Å². The van der Waals surface area contributed by atoms with Crippen LogP contribution in [0.2, 0.25) is 4.44 Å². The first-order valence-corrected chi connectivity index (χ1v) is 5.67. The first kappa shape index (κ1) is 8.24. The summed E-state index contributed by atoms with van der Waals surface area (Å²) < 4.78 is 1.13. The molecule has 0 spiro atoms. The molecule has 0 aliphatic heterocycles. The van der Waals surface area contributed by atoms with E-state index in [1.165, 1.54) is 22.5 Å². The van der Waals surface area contributed by atoms with E-state index in [0.29, 0.717) is 0 Å². The Morgan fingerprint density at radius 1 is 1.33 bits per heavy atom. The van der Waals surface area contributed by atoms with Gasteiger partial charge in [-0.1, -0.05) is 0 Å². The van der Waals surface area contributed by atoms with Crippen LogP contribution in [0.15, 0.2) is 0 Å². The van der Waals surface area contributed by atoms with Crippen molar-refractivity contribution in [2.45, 2.75) is 6.58 Å². The standard InChI is InChI=1S/C2H2Br3.Sn/c1-2(3,4)5;/h1H2;. The molecule has 0 aliphatic rings. The summed E-state index contributed by atoms with van der Waals surface area (Å²) in [5.41, 5.74) is 0. The molecule has 0 rings (SSSR count). The molecule has 0 amide bonds. The fraction of sp³-hybridized carbons (Fsp3) is 1.00. The van der Waals surface area contributed by atoms with Gasteiger partial charge in [-0.2, -0.15) is 0 Å². The first-order chi connectivity index (χ1) is 2.56. The van der Waals surface area contributed by atoms with Gasteiger partial charge >= 0.3 is 76.9 Å². The summed E-state index contributed by atoms with van der Waals surface area (Å²) >= 11 is 11.5. The van der Waals surface area contributed by atoms with Crippen molar-refractivity contribution in [2.24, 2.45) is 0 Å². The van der Waals surface area contributed by atoms with Gasteiger partial charge in [-0.3, -0.25) is 0 Å². The summed E-state index contributed by atoms with van der Waals surface area (Å²) in [6, 6.07) is 0. The molecule has 0 N–H and O–H groups in total. The normalized spacial score (nSPS) is 12.0. The molecule has 0 aromatic carbocycles. The van der Waals surface area contributed by atoms with Gasteiger partial charge in [-0.05, 0) is 0 Å². The molecule has 0 atom stereocenters. The first-order valence-electron chi connectivity index (χ1n) is 1.27. The van der Waals surface area contributed by atoms with Gasteiger partial charge in [0.1, 0.15) is 0 Å². The fourth-order valence-electron chi connectivity index (χ4n) is 0. The summed E-state index contributed by atoms with van der Waals surface area (Å²) in [5, 5.41) is 0. The summed E-state index contributed by atoms with van der Waals surface area (Å²) in [4.78, 5) is 0. The zero-order chi connectivity index (χ0) is 5.21. The number of rotatable bonds is 0. The Labute approximate surface area is 75.9 Å². The van der Waals surface area contributed by atoms with Gasteiger partial charge in [0, 0.05) is 0 Å². The van der Waals surface area contributed by atoms with Crippen LogP contribution in [0.3, 0.4) is 0 Å². The summed E-state index contributed by atoms with van der Waals surface area (Å²) in [6.45, 7) is 0. The number of halogens is 3. The quantitative estimate of drug-likeness (QED) is 0.445. The second-order valence-electron chi connectivity index (χ2n) is 0.792. The van der Waals surface area contributed by atoms with Gasteiger partial charge in [0.2, 0.25) is 0 Å². The molecule has 3 radical (unpaired) electrons. The molecular weight excluding hydrogens is 382 g/mol. The minimum absolute atomic E-state index is 0.0192. The van der Waals surface area contributed by atoms with Gasteiger partial charge in [-0.25, -0.2) is 0 Å². The molecule has 35 valence electrons. The van der Waals surface area contributed by atoms with Crippen molar-refractivity contribution in [1.29, 1.82) is 0 Å². The predicted octanol–water partition coefficient (Wildman–Crippen LogP) is 2.41. The van der Waals surface area contributed by atoms with E-state index in [2.05, 4.69) is 47.8 Å². The van der Waals surface area contributed by atoms with Crippen molar-refractivity contribution >= 4 is 70.3 Å². The van der Waals surface area contributed by atoms with Crippen LogP contribution in [0.4, 0.5) is 0 Å². The van der Waals surface area contributed by atoms with E-state index in [9.17, 15) is 0 Å². The molecule has 0 saturated carbocycles. The molecular formula is C2H2Br3Sn. The zero-order valence-corrected chi connectivity index (χ0v) is 10.5. The molecule has 0 saturated heterocycles. The number of hydrogen-bond donors (Lipinski definition) is 0. The molecule has 6 heavy (non-hydrogen) atoms. The van der Waals surface area contributed by atoms with Crippen LogP contribution in [-0.2, 0) is 0 Å². The van der Waals surface area contributed by atoms with Crippen molar-refractivity contribution < 1.29 is 0 Å². The Hall–Kier alpha value is 2.24. The van der Waals surface area contributed by atoms with Crippen LogP contribution in [-0.4, -0.2) is 24.7 Å². The molecule has 4 heteroatoms. The van der Waals surface area contributed by atoms with Gasteiger partial charge in [0.05, 0.1) is 0 Å². The Balaban J connectivity index is 3.17. The molecule has 0 bridgehead atoms. The van der Waals surface area contributed by atoms with Crippen LogP contribution in [0.1, 0.15) is 0 Å². The third-order valence-electron chi connectivity index (χ3n) is 0.200. The Morgan fingerprint density at radius 2 is 1.50 bits per heavy atom. The third kappa shape index (κ3) is 6.24. The van der Waals surface area contributed by atoms with Crippen LogP contribution < -0.4 is 0 Å². The van der Waals surface area contributed by atoms with Crippen molar-refractivity contribution in [3.8, 4) is 0 Å². The van der Waals surface area contributed by atoms with Crippen molar-refractivity contribution in [3.05, 3.63) is 0 Å². The summed E-state index contributed by atoms with van der Waals surface area (Å²) in [6.07, 6.45) is 0. The minimum atomic E-state index is 0.0192. The molecule has 0 aliphatic carbocycles. The SMILES string of the molecule is BrC(Br)(Br)[CH2][Sn]. The molecule has 0 fully saturated rings. The summed E-state index contributed by atoms with van der Waals surface area (Å²) in [7, 11) is 0. The molecule has 0 aromatic heterocycles. The topological polar surface area (TPSA) is 0 Å². The van der Waals surface area contributed by atoms with Crippen molar-refractivity contribution in [3.63, 3.8) is 0 Å². The van der Waals surface area contributed by atoms with Gasteiger partial charge in [0.25, 0.3) is 0 Å². The van der Waals surface area contributed by atoms with Crippen LogP contribution in [0.5, 0.6) is 0 Å². The monoisotopic (exact) mass is 383 g/mol. The molecule has 0 heterocycles. The average molecular weight is 384 g/mol.